The highest BCUT2D eigenvalue weighted by atomic mass is 16.8. The van der Waals surface area contributed by atoms with E-state index in [1.54, 1.807) is 5.06 Å². The summed E-state index contributed by atoms with van der Waals surface area (Å²) in [4.78, 5) is 5.96. The molecule has 0 radical (unpaired) electrons. The second kappa shape index (κ2) is 4.00. The van der Waals surface area contributed by atoms with Gasteiger partial charge >= 0.3 is 0 Å². The number of aromatic nitrogens is 2. The van der Waals surface area contributed by atoms with Gasteiger partial charge in [-0.05, 0) is 32.9 Å². The van der Waals surface area contributed by atoms with E-state index in [9.17, 15) is 0 Å². The molecule has 106 valence electrons. The second-order valence-electron chi connectivity index (χ2n) is 5.87. The topological polar surface area (TPSA) is 56.7 Å². The molecule has 6 nitrogen and oxygen atoms in total. The summed E-state index contributed by atoms with van der Waals surface area (Å²) in [5.74, 6) is 0.123. The summed E-state index contributed by atoms with van der Waals surface area (Å²) in [6.07, 6.45) is 3.89. The first-order chi connectivity index (χ1) is 9.53. The summed E-state index contributed by atoms with van der Waals surface area (Å²) in [6.45, 7) is 5.77. The van der Waals surface area contributed by atoms with Crippen molar-refractivity contribution in [1.82, 2.24) is 10.2 Å². The number of hydrogen-bond donors (Lipinski definition) is 0. The maximum Gasteiger partial charge on any atom is 0.175 e. The largest absolute Gasteiger partial charge is 0.342 e. The summed E-state index contributed by atoms with van der Waals surface area (Å²) in [7, 11) is 0. The van der Waals surface area contributed by atoms with Crippen molar-refractivity contribution in [3.8, 4) is 0 Å². The van der Waals surface area contributed by atoms with E-state index in [1.165, 1.54) is 0 Å². The zero-order valence-electron chi connectivity index (χ0n) is 11.7. The lowest BCUT2D eigenvalue weighted by Gasteiger charge is -2.45. The van der Waals surface area contributed by atoms with Gasteiger partial charge in [0.05, 0.1) is 5.69 Å². The fraction of sp³-hybridized carbons (Fsp3) is 0.571. The first-order valence-electron chi connectivity index (χ1n) is 6.84. The maximum atomic E-state index is 6.02. The van der Waals surface area contributed by atoms with E-state index in [2.05, 4.69) is 16.3 Å². The van der Waals surface area contributed by atoms with Gasteiger partial charge < -0.3 is 9.47 Å². The van der Waals surface area contributed by atoms with Crippen molar-refractivity contribution in [2.75, 3.05) is 5.06 Å². The summed E-state index contributed by atoms with van der Waals surface area (Å²) in [6, 6.07) is 3.79. The van der Waals surface area contributed by atoms with Crippen LogP contribution in [-0.4, -0.2) is 40.3 Å². The van der Waals surface area contributed by atoms with Gasteiger partial charge in [-0.15, -0.1) is 5.10 Å². The Morgan fingerprint density at radius 1 is 1.10 bits per heavy atom. The molecule has 20 heavy (non-hydrogen) atoms. The van der Waals surface area contributed by atoms with Gasteiger partial charge in [0.25, 0.3) is 0 Å². The molecule has 0 spiro atoms. The lowest BCUT2D eigenvalue weighted by molar-refractivity contribution is -0.150. The molecule has 0 aromatic carbocycles. The van der Waals surface area contributed by atoms with Crippen LogP contribution in [0.25, 0.3) is 0 Å². The number of hydroxylamine groups is 1. The molecule has 4 unspecified atom stereocenters. The standard InChI is InChI=1S/C14H17N3O3/c1-8-4-7-11(16-15-8)17-9-5-6-10(20-17)13-12(9)18-14(2,3)19-13/h4-7,9-10,12-13H,1-3H3. The van der Waals surface area contributed by atoms with Crippen molar-refractivity contribution >= 4 is 5.82 Å². The molecule has 1 aliphatic carbocycles. The number of fused-ring (bicyclic) bond motifs is 1. The van der Waals surface area contributed by atoms with E-state index in [1.807, 2.05) is 39.0 Å². The summed E-state index contributed by atoms with van der Waals surface area (Å²) < 4.78 is 11.9. The summed E-state index contributed by atoms with van der Waals surface area (Å²) in [5, 5.41) is 10.1. The van der Waals surface area contributed by atoms with Gasteiger partial charge in [0, 0.05) is 0 Å². The number of hydrogen-bond acceptors (Lipinski definition) is 6. The summed E-state index contributed by atoms with van der Waals surface area (Å²) >= 11 is 0. The van der Waals surface area contributed by atoms with Crippen LogP contribution in [0, 0.1) is 6.92 Å². The molecule has 4 heterocycles. The van der Waals surface area contributed by atoms with Crippen LogP contribution in [0.3, 0.4) is 0 Å². The number of aryl methyl sites for hydroxylation is 1. The summed E-state index contributed by atoms with van der Waals surface area (Å²) in [5.41, 5.74) is 0.880. The van der Waals surface area contributed by atoms with Gasteiger partial charge in [-0.25, -0.2) is 5.06 Å². The maximum absolute atomic E-state index is 6.02. The van der Waals surface area contributed by atoms with Crippen molar-refractivity contribution in [2.24, 2.45) is 0 Å². The van der Waals surface area contributed by atoms with Crippen molar-refractivity contribution < 1.29 is 14.3 Å². The highest BCUT2D eigenvalue weighted by Crippen LogP contribution is 2.42. The van der Waals surface area contributed by atoms with E-state index >= 15 is 0 Å². The predicted molar refractivity (Wildman–Crippen MR) is 70.9 cm³/mol. The molecule has 0 amide bonds. The minimum Gasteiger partial charge on any atom is -0.342 e. The molecule has 2 fully saturated rings. The van der Waals surface area contributed by atoms with Crippen LogP contribution in [0.5, 0.6) is 0 Å². The van der Waals surface area contributed by atoms with Gasteiger partial charge in [0.1, 0.15) is 24.4 Å². The van der Waals surface area contributed by atoms with Crippen LogP contribution in [0.1, 0.15) is 19.5 Å². The molecule has 0 N–H and O–H groups in total. The van der Waals surface area contributed by atoms with Crippen LogP contribution in [0.15, 0.2) is 24.3 Å². The molecule has 4 aliphatic rings. The van der Waals surface area contributed by atoms with Crippen molar-refractivity contribution in [1.29, 1.82) is 0 Å². The lowest BCUT2D eigenvalue weighted by atomic mass is 9.92. The molecule has 6 heteroatoms. The zero-order chi connectivity index (χ0) is 13.9. The minimum absolute atomic E-state index is 0.0382. The van der Waals surface area contributed by atoms with Crippen molar-refractivity contribution in [3.05, 3.63) is 30.0 Å². The molecule has 1 aromatic rings. The molecule has 2 bridgehead atoms. The average molecular weight is 275 g/mol. The molecule has 3 aliphatic heterocycles. The highest BCUT2D eigenvalue weighted by Gasteiger charge is 2.56. The van der Waals surface area contributed by atoms with Crippen LogP contribution >= 0.6 is 0 Å². The average Bonchev–Trinajstić information content (AvgIpc) is 2.76. The Morgan fingerprint density at radius 2 is 1.90 bits per heavy atom. The molecule has 0 saturated carbocycles. The SMILES string of the molecule is Cc1ccc(N2OC3C=CC2C2OC(C)(C)OC32)nn1. The smallest absolute Gasteiger partial charge is 0.175 e. The molecular weight excluding hydrogens is 258 g/mol. The fourth-order valence-electron chi connectivity index (χ4n) is 3.00. The van der Waals surface area contributed by atoms with Crippen molar-refractivity contribution in [2.45, 2.75) is 50.9 Å². The van der Waals surface area contributed by atoms with Crippen LogP contribution in [-0.2, 0) is 14.3 Å². The first kappa shape index (κ1) is 12.3. The van der Waals surface area contributed by atoms with Gasteiger partial charge in [-0.1, -0.05) is 12.2 Å². The number of nitrogens with zero attached hydrogens (tertiary/aromatic N) is 3. The Hall–Kier alpha value is -1.50. The molecule has 4 atom stereocenters. The fourth-order valence-corrected chi connectivity index (χ4v) is 3.00. The molecule has 2 saturated heterocycles. The van der Waals surface area contributed by atoms with E-state index < -0.39 is 5.79 Å². The third-order valence-electron chi connectivity index (χ3n) is 3.84. The zero-order valence-corrected chi connectivity index (χ0v) is 11.7. The van der Waals surface area contributed by atoms with Crippen LogP contribution in [0.4, 0.5) is 5.82 Å². The van der Waals surface area contributed by atoms with E-state index in [0.29, 0.717) is 5.82 Å². The van der Waals surface area contributed by atoms with Crippen LogP contribution in [0.2, 0.25) is 0 Å². The molecular formula is C14H17N3O3. The quantitative estimate of drug-likeness (QED) is 0.721. The number of anilines is 1. The Kier molecular flexibility index (Phi) is 2.45. The Morgan fingerprint density at radius 3 is 2.65 bits per heavy atom. The Balaban J connectivity index is 1.66. The normalized spacial score (nSPS) is 37.2. The van der Waals surface area contributed by atoms with E-state index in [0.717, 1.165) is 5.69 Å². The number of ether oxygens (including phenoxy) is 2. The monoisotopic (exact) mass is 275 g/mol. The minimum atomic E-state index is -0.573. The highest BCUT2D eigenvalue weighted by molar-refractivity contribution is 5.41. The Bertz CT molecular complexity index is 557. The van der Waals surface area contributed by atoms with E-state index in [-0.39, 0.29) is 24.4 Å². The van der Waals surface area contributed by atoms with Crippen molar-refractivity contribution in [3.63, 3.8) is 0 Å². The van der Waals surface area contributed by atoms with Gasteiger partial charge in [-0.2, -0.15) is 5.10 Å². The van der Waals surface area contributed by atoms with E-state index in [4.69, 9.17) is 14.3 Å². The van der Waals surface area contributed by atoms with Gasteiger partial charge in [0.2, 0.25) is 0 Å². The van der Waals surface area contributed by atoms with Gasteiger partial charge in [0.15, 0.2) is 11.6 Å². The third kappa shape index (κ3) is 1.76. The first-order valence-corrected chi connectivity index (χ1v) is 6.84. The lowest BCUT2D eigenvalue weighted by Crippen LogP contribution is -2.60. The van der Waals surface area contributed by atoms with Gasteiger partial charge in [-0.3, -0.25) is 4.84 Å². The predicted octanol–water partition coefficient (Wildman–Crippen LogP) is 1.36. The third-order valence-corrected chi connectivity index (χ3v) is 3.84. The second-order valence-corrected chi connectivity index (χ2v) is 5.87. The Labute approximate surface area is 117 Å². The molecule has 1 aromatic heterocycles. The molecule has 5 rings (SSSR count). The number of rotatable bonds is 1. The van der Waals surface area contributed by atoms with Crippen LogP contribution < -0.4 is 5.06 Å².